The summed E-state index contributed by atoms with van der Waals surface area (Å²) in [5.41, 5.74) is 3.67. The number of halogens is 1. The Labute approximate surface area is 181 Å². The van der Waals surface area contributed by atoms with Crippen LogP contribution in [0.3, 0.4) is 0 Å². The van der Waals surface area contributed by atoms with Crippen molar-refractivity contribution in [3.63, 3.8) is 0 Å². The predicted molar refractivity (Wildman–Crippen MR) is 115 cm³/mol. The van der Waals surface area contributed by atoms with Crippen molar-refractivity contribution in [1.29, 1.82) is 0 Å². The maximum Gasteiger partial charge on any atom is 0.273 e. The number of aromatic nitrogens is 5. The highest BCUT2D eigenvalue weighted by atomic mass is 32.1. The molecule has 0 spiro atoms. The van der Waals surface area contributed by atoms with Crippen LogP contribution in [0.1, 0.15) is 63.8 Å². The lowest BCUT2D eigenvalue weighted by atomic mass is 9.83. The number of hydrogen-bond donors (Lipinski definition) is 1. The molecule has 1 aromatic carbocycles. The Morgan fingerprint density at radius 1 is 1.32 bits per heavy atom. The van der Waals surface area contributed by atoms with Gasteiger partial charge in [-0.3, -0.25) is 9.48 Å². The highest BCUT2D eigenvalue weighted by Crippen LogP contribution is 2.39. The number of imidazole rings is 1. The number of aromatic amines is 1. The molecule has 158 valence electrons. The average Bonchev–Trinajstić information content (AvgIpc) is 3.43. The van der Waals surface area contributed by atoms with Gasteiger partial charge in [-0.25, -0.2) is 14.4 Å². The van der Waals surface area contributed by atoms with Crippen LogP contribution in [-0.2, 0) is 13.5 Å². The summed E-state index contributed by atoms with van der Waals surface area (Å²) in [6.07, 6.45) is 5.81. The number of carbonyl (C=O) groups is 1. The topological polar surface area (TPSA) is 79.7 Å². The largest absolute Gasteiger partial charge is 0.348 e. The van der Waals surface area contributed by atoms with Crippen LogP contribution in [0.4, 0.5) is 4.39 Å². The summed E-state index contributed by atoms with van der Waals surface area (Å²) in [4.78, 5) is 27.8. The third-order valence-electron chi connectivity index (χ3n) is 6.45. The number of fused-ring (bicyclic) bond motifs is 2. The second-order valence-corrected chi connectivity index (χ2v) is 9.32. The van der Waals surface area contributed by atoms with Crippen molar-refractivity contribution in [2.24, 2.45) is 7.05 Å². The zero-order valence-corrected chi connectivity index (χ0v) is 17.8. The minimum Gasteiger partial charge on any atom is -0.348 e. The Balaban J connectivity index is 1.43. The third kappa shape index (κ3) is 2.90. The molecule has 4 heterocycles. The van der Waals surface area contributed by atoms with Crippen molar-refractivity contribution < 1.29 is 9.18 Å². The number of hydrogen-bond acceptors (Lipinski definition) is 5. The second kappa shape index (κ2) is 6.98. The van der Waals surface area contributed by atoms with Gasteiger partial charge in [-0.1, -0.05) is 12.5 Å². The molecule has 1 fully saturated rings. The van der Waals surface area contributed by atoms with E-state index < -0.39 is 6.04 Å². The van der Waals surface area contributed by atoms with E-state index in [0.29, 0.717) is 35.1 Å². The minimum absolute atomic E-state index is 0.0982. The quantitative estimate of drug-likeness (QED) is 0.527. The molecule has 4 aromatic rings. The van der Waals surface area contributed by atoms with Crippen LogP contribution in [0.5, 0.6) is 0 Å². The Morgan fingerprint density at radius 2 is 2.19 bits per heavy atom. The number of nitrogens with one attached hydrogen (secondary N) is 1. The van der Waals surface area contributed by atoms with Gasteiger partial charge in [0, 0.05) is 31.6 Å². The molecule has 6 rings (SSSR count). The van der Waals surface area contributed by atoms with Crippen molar-refractivity contribution >= 4 is 27.5 Å². The molecule has 0 radical (unpaired) electrons. The summed E-state index contributed by atoms with van der Waals surface area (Å²) in [5.74, 6) is 0.00162. The number of aryl methyl sites for hydroxylation is 1. The van der Waals surface area contributed by atoms with E-state index in [0.717, 1.165) is 34.6 Å². The first-order valence-electron chi connectivity index (χ1n) is 10.5. The van der Waals surface area contributed by atoms with Crippen molar-refractivity contribution in [1.82, 2.24) is 29.6 Å². The zero-order valence-electron chi connectivity index (χ0n) is 17.0. The molecule has 0 saturated heterocycles. The SMILES string of the molecule is Cn1nc(C2CCC2)cc1C(=O)N1CCc2[nH]cnc2[C@H]1c1nc2c(F)cccc2s1. The highest BCUT2D eigenvalue weighted by molar-refractivity contribution is 7.18. The van der Waals surface area contributed by atoms with Crippen LogP contribution in [0, 0.1) is 5.82 Å². The van der Waals surface area contributed by atoms with E-state index in [1.807, 2.05) is 19.2 Å². The van der Waals surface area contributed by atoms with E-state index in [1.165, 1.54) is 23.8 Å². The summed E-state index contributed by atoms with van der Waals surface area (Å²) in [7, 11) is 1.82. The number of carbonyl (C=O) groups excluding carboxylic acids is 1. The highest BCUT2D eigenvalue weighted by Gasteiger charge is 2.38. The number of para-hydroxylation sites is 1. The Kier molecular flexibility index (Phi) is 4.21. The molecule has 31 heavy (non-hydrogen) atoms. The smallest absolute Gasteiger partial charge is 0.273 e. The fourth-order valence-electron chi connectivity index (χ4n) is 4.53. The molecule has 2 aliphatic rings. The van der Waals surface area contributed by atoms with Crippen molar-refractivity contribution in [2.75, 3.05) is 6.54 Å². The number of H-pyrrole nitrogens is 1. The van der Waals surface area contributed by atoms with E-state index in [4.69, 9.17) is 0 Å². The number of benzene rings is 1. The van der Waals surface area contributed by atoms with Crippen LogP contribution in [0.25, 0.3) is 10.2 Å². The monoisotopic (exact) mass is 436 g/mol. The molecule has 1 aliphatic heterocycles. The van der Waals surface area contributed by atoms with E-state index in [9.17, 15) is 9.18 Å². The standard InChI is InChI=1S/C22H21FN6OS/c1-28-16(10-15(27-28)12-4-2-5-12)22(30)29-9-8-14-19(25-11-24-14)20(29)21-26-18-13(23)6-3-7-17(18)31-21/h3,6-7,10-12,20H,2,4-5,8-9H2,1H3,(H,24,25)/t20-/m0/s1. The summed E-state index contributed by atoms with van der Waals surface area (Å²) in [6.45, 7) is 0.529. The summed E-state index contributed by atoms with van der Waals surface area (Å²) in [5, 5.41) is 5.28. The maximum absolute atomic E-state index is 14.3. The third-order valence-corrected chi connectivity index (χ3v) is 7.52. The average molecular weight is 437 g/mol. The van der Waals surface area contributed by atoms with Gasteiger partial charge in [0.15, 0.2) is 0 Å². The van der Waals surface area contributed by atoms with E-state index in [2.05, 4.69) is 20.1 Å². The molecule has 1 saturated carbocycles. The van der Waals surface area contributed by atoms with Crippen LogP contribution >= 0.6 is 11.3 Å². The number of nitrogens with zero attached hydrogens (tertiary/aromatic N) is 5. The first-order chi connectivity index (χ1) is 15.1. The minimum atomic E-state index is -0.457. The second-order valence-electron chi connectivity index (χ2n) is 8.26. The molecule has 0 unspecified atom stereocenters. The maximum atomic E-state index is 14.3. The number of amides is 1. The van der Waals surface area contributed by atoms with Crippen LogP contribution in [0.15, 0.2) is 30.6 Å². The van der Waals surface area contributed by atoms with Crippen molar-refractivity contribution in [2.45, 2.75) is 37.6 Å². The van der Waals surface area contributed by atoms with E-state index >= 15 is 0 Å². The Bertz CT molecular complexity index is 1300. The first kappa shape index (κ1) is 18.7. The molecule has 1 N–H and O–H groups in total. The van der Waals surface area contributed by atoms with Gasteiger partial charge in [-0.15, -0.1) is 11.3 Å². The van der Waals surface area contributed by atoms with Crippen molar-refractivity contribution in [3.05, 3.63) is 64.2 Å². The lowest BCUT2D eigenvalue weighted by molar-refractivity contribution is 0.0679. The van der Waals surface area contributed by atoms with Gasteiger partial charge in [-0.2, -0.15) is 5.10 Å². The van der Waals surface area contributed by atoms with Crippen LogP contribution in [0.2, 0.25) is 0 Å². The number of rotatable bonds is 3. The molecule has 7 nitrogen and oxygen atoms in total. The normalized spacial score (nSPS) is 18.9. The lowest BCUT2D eigenvalue weighted by Gasteiger charge is -2.33. The lowest BCUT2D eigenvalue weighted by Crippen LogP contribution is -2.41. The van der Waals surface area contributed by atoms with Gasteiger partial charge >= 0.3 is 0 Å². The number of thiazole rings is 1. The fraction of sp³-hybridized carbons (Fsp3) is 0.364. The first-order valence-corrected chi connectivity index (χ1v) is 11.3. The molecule has 1 amide bonds. The molecular weight excluding hydrogens is 415 g/mol. The van der Waals surface area contributed by atoms with Crippen LogP contribution < -0.4 is 0 Å². The zero-order chi connectivity index (χ0) is 21.1. The van der Waals surface area contributed by atoms with Gasteiger partial charge in [0.1, 0.15) is 28.1 Å². The van der Waals surface area contributed by atoms with Crippen molar-refractivity contribution in [3.8, 4) is 0 Å². The van der Waals surface area contributed by atoms with Gasteiger partial charge < -0.3 is 9.88 Å². The molecule has 0 bridgehead atoms. The van der Waals surface area contributed by atoms with E-state index in [-0.39, 0.29) is 11.7 Å². The molecule has 1 aliphatic carbocycles. The predicted octanol–water partition coefficient (Wildman–Crippen LogP) is 3.95. The van der Waals surface area contributed by atoms with Gasteiger partial charge in [0.25, 0.3) is 5.91 Å². The molecule has 9 heteroatoms. The molecular formula is C22H21FN6OS. The Morgan fingerprint density at radius 3 is 2.97 bits per heavy atom. The summed E-state index contributed by atoms with van der Waals surface area (Å²) >= 11 is 1.41. The molecule has 1 atom stereocenters. The van der Waals surface area contributed by atoms with Gasteiger partial charge in [0.2, 0.25) is 0 Å². The summed E-state index contributed by atoms with van der Waals surface area (Å²) in [6, 6.07) is 6.42. The van der Waals surface area contributed by atoms with E-state index in [1.54, 1.807) is 22.0 Å². The van der Waals surface area contributed by atoms with Crippen LogP contribution in [-0.4, -0.2) is 42.1 Å². The van der Waals surface area contributed by atoms with Gasteiger partial charge in [-0.05, 0) is 31.0 Å². The fourth-order valence-corrected chi connectivity index (χ4v) is 5.63. The molecule has 3 aromatic heterocycles. The summed E-state index contributed by atoms with van der Waals surface area (Å²) < 4.78 is 16.8. The van der Waals surface area contributed by atoms with Gasteiger partial charge in [0.05, 0.1) is 22.4 Å². The Hall–Kier alpha value is -3.07.